The summed E-state index contributed by atoms with van der Waals surface area (Å²) in [5.74, 6) is -0.207. The van der Waals surface area contributed by atoms with Gasteiger partial charge in [-0.05, 0) is 189 Å². The number of hydrogen-bond donors (Lipinski definition) is 3. The van der Waals surface area contributed by atoms with Gasteiger partial charge in [0.15, 0.2) is 11.3 Å². The van der Waals surface area contributed by atoms with Crippen molar-refractivity contribution in [3.8, 4) is 17.5 Å². The molecule has 0 aromatic carbocycles. The average molecular weight is 1550 g/mol. The van der Waals surface area contributed by atoms with E-state index in [0.29, 0.717) is 58.8 Å². The maximum Gasteiger partial charge on any atom is 0.411 e. The minimum Gasteiger partial charge on any atom is -0.489 e. The van der Waals surface area contributed by atoms with E-state index in [1.165, 1.54) is 30.2 Å². The number of carbonyl (C=O) groups excluding carboxylic acids is 8. The molecule has 616 valence electrons. The number of aromatic amines is 1. The lowest BCUT2D eigenvalue weighted by atomic mass is 9.86. The Bertz CT molecular complexity index is 3970. The van der Waals surface area contributed by atoms with Gasteiger partial charge in [0.2, 0.25) is 5.88 Å². The van der Waals surface area contributed by atoms with Crippen molar-refractivity contribution in [3.05, 3.63) is 58.3 Å². The Hall–Kier alpha value is -8.76. The Balaban J connectivity index is 0.000000281. The molecule has 9 rings (SSSR count). The highest BCUT2D eigenvalue weighted by Crippen LogP contribution is 2.43. The average Bonchev–Trinajstić information content (AvgIpc) is 1.73. The van der Waals surface area contributed by atoms with E-state index >= 15 is 0 Å². The summed E-state index contributed by atoms with van der Waals surface area (Å²) in [6, 6.07) is 0.0697. The number of unbranched alkanes of at least 4 members (excludes halogenated alkanes) is 4. The number of aromatic nitrogens is 4. The van der Waals surface area contributed by atoms with Gasteiger partial charge in [0.05, 0.1) is 60.2 Å². The van der Waals surface area contributed by atoms with Gasteiger partial charge >= 0.3 is 48.3 Å². The van der Waals surface area contributed by atoms with E-state index in [4.69, 9.17) is 57.1 Å². The third-order valence-electron chi connectivity index (χ3n) is 19.7. The summed E-state index contributed by atoms with van der Waals surface area (Å²) in [6.07, 6.45) is 14.0. The van der Waals surface area contributed by atoms with E-state index in [1.54, 1.807) is 108 Å². The first-order valence-electron chi connectivity index (χ1n) is 39.3. The van der Waals surface area contributed by atoms with Crippen LogP contribution < -0.4 is 30.3 Å². The normalized spacial score (nSPS) is 21.5. The predicted molar refractivity (Wildman–Crippen MR) is 414 cm³/mol. The fourth-order valence-corrected chi connectivity index (χ4v) is 13.8. The first-order chi connectivity index (χ1) is 51.8. The second kappa shape index (κ2) is 36.8. The number of amides is 4. The molecule has 4 aromatic heterocycles. The molecule has 0 radical (unpaired) electrons. The van der Waals surface area contributed by atoms with Crippen molar-refractivity contribution < 1.29 is 90.5 Å². The van der Waals surface area contributed by atoms with E-state index in [2.05, 4.69) is 37.5 Å². The largest absolute Gasteiger partial charge is 0.489 e. The number of alkyl carbamates (subject to hydrolysis) is 2. The molecule has 7 heterocycles. The molecular weight excluding hydrogens is 1430 g/mol. The lowest BCUT2D eigenvalue weighted by Crippen LogP contribution is -2.51. The lowest BCUT2D eigenvalue weighted by molar-refractivity contribution is -0.161. The van der Waals surface area contributed by atoms with Gasteiger partial charge in [-0.3, -0.25) is 24.6 Å². The molecule has 29 heteroatoms. The molecule has 2 saturated carbocycles. The smallest absolute Gasteiger partial charge is 0.411 e. The number of piperidine rings is 1. The molecule has 29 nitrogen and oxygen atoms in total. The van der Waals surface area contributed by atoms with E-state index in [0.717, 1.165) is 94.7 Å². The zero-order chi connectivity index (χ0) is 81.9. The Morgan fingerprint density at radius 2 is 0.973 bits per heavy atom. The number of rotatable bonds is 26. The number of pyridine rings is 4. The second-order valence-corrected chi connectivity index (χ2v) is 36.2. The van der Waals surface area contributed by atoms with Crippen LogP contribution in [0.1, 0.15) is 226 Å². The summed E-state index contributed by atoms with van der Waals surface area (Å²) in [6.45, 7) is 34.6. The zero-order valence-corrected chi connectivity index (χ0v) is 69.3. The van der Waals surface area contributed by atoms with Gasteiger partial charge in [0, 0.05) is 50.7 Å². The van der Waals surface area contributed by atoms with Gasteiger partial charge in [-0.25, -0.2) is 43.3 Å². The number of hydrogen-bond acceptors (Lipinski definition) is 24. The van der Waals surface area contributed by atoms with Gasteiger partial charge in [-0.1, -0.05) is 67.2 Å². The van der Waals surface area contributed by atoms with Crippen molar-refractivity contribution >= 4 is 70.1 Å². The molecule has 3 saturated heterocycles. The molecular formula is C82H123N9O20. The standard InChI is InChI=1S/C44H67N5O10.C38H56N4O10/c1-42(2,3)36(39(51)58-43(4,5)6)47-40(52)57-34-23-27(34)15-13-12-14-16-30-35(55-28-18-21-48(10)22-19-28)31-25-45-20-17-32(31)46-37(30)56-29-24-33(38(50)54-11)49(26-29)41(53)59-44(7,8)9;1-36(2,3)30(33(45)51-37(4,5)6)41-34(46)50-28-18-22(28)14-12-11-13-15-24-29(43)25-20-39-17-16-26(25)40-31(24)49-23-19-27(32(44)48-10)42(21-23)35(47)52-38(7,8)9/h17,20,25,27-29,33-34,36H,12-16,18-19,21-24,26H2,1-11H3,(H,47,52);16-17,20,22-23,27-28,30H,11-15,18-19,21H2,1-10H3,(H,40,43)(H,41,46)/t27?,29-,33+,34-,36-;22?,23-,27+,28-,30-/m11/s1. The summed E-state index contributed by atoms with van der Waals surface area (Å²) in [7, 11) is 4.68. The molecule has 5 fully saturated rings. The summed E-state index contributed by atoms with van der Waals surface area (Å²) in [5.41, 5.74) is -1.65. The highest BCUT2D eigenvalue weighted by atomic mass is 16.6. The fraction of sp³-hybridized carbons (Fsp3) is 0.707. The van der Waals surface area contributed by atoms with Gasteiger partial charge in [-0.15, -0.1) is 0 Å². The van der Waals surface area contributed by atoms with Crippen molar-refractivity contribution in [1.29, 1.82) is 0 Å². The van der Waals surface area contributed by atoms with Crippen LogP contribution in [0.4, 0.5) is 19.2 Å². The van der Waals surface area contributed by atoms with E-state index < -0.39 is 118 Å². The molecule has 10 atom stereocenters. The van der Waals surface area contributed by atoms with Crippen LogP contribution in [0, 0.1) is 22.7 Å². The minimum absolute atomic E-state index is 0.00765. The number of likely N-dealkylation sites (tertiary alicyclic amines) is 3. The Morgan fingerprint density at radius 3 is 1.42 bits per heavy atom. The third-order valence-corrected chi connectivity index (χ3v) is 19.7. The van der Waals surface area contributed by atoms with Crippen molar-refractivity contribution in [2.75, 3.05) is 47.4 Å². The molecule has 5 aliphatic rings. The van der Waals surface area contributed by atoms with Gasteiger partial charge in [-0.2, -0.15) is 0 Å². The Morgan fingerprint density at radius 1 is 0.532 bits per heavy atom. The van der Waals surface area contributed by atoms with Crippen LogP contribution in [-0.4, -0.2) is 207 Å². The number of carbonyl (C=O) groups is 8. The van der Waals surface area contributed by atoms with Crippen molar-refractivity contribution in [3.63, 3.8) is 0 Å². The van der Waals surface area contributed by atoms with Crippen LogP contribution in [0.15, 0.2) is 41.7 Å². The van der Waals surface area contributed by atoms with Crippen LogP contribution in [0.3, 0.4) is 0 Å². The van der Waals surface area contributed by atoms with Gasteiger partial charge in [0.1, 0.15) is 82.8 Å². The van der Waals surface area contributed by atoms with Crippen LogP contribution in [0.5, 0.6) is 17.5 Å². The van der Waals surface area contributed by atoms with Crippen molar-refractivity contribution in [2.45, 2.75) is 304 Å². The summed E-state index contributed by atoms with van der Waals surface area (Å²) < 4.78 is 63.5. The summed E-state index contributed by atoms with van der Waals surface area (Å²) in [5, 5.41) is 6.71. The molecule has 3 aliphatic heterocycles. The minimum atomic E-state index is -0.893. The van der Waals surface area contributed by atoms with Gasteiger partial charge in [0.25, 0.3) is 0 Å². The Labute approximate surface area is 653 Å². The first kappa shape index (κ1) is 87.8. The molecule has 3 N–H and O–H groups in total. The number of nitrogens with one attached hydrogen (secondary N) is 3. The van der Waals surface area contributed by atoms with E-state index in [9.17, 15) is 43.2 Å². The van der Waals surface area contributed by atoms with Crippen molar-refractivity contribution in [1.82, 2.24) is 45.3 Å². The first-order valence-corrected chi connectivity index (χ1v) is 39.3. The fourth-order valence-electron chi connectivity index (χ4n) is 13.8. The number of nitrogens with zero attached hydrogens (tertiary/aromatic N) is 6. The van der Waals surface area contributed by atoms with Crippen LogP contribution in [0.25, 0.3) is 21.8 Å². The van der Waals surface area contributed by atoms with Crippen molar-refractivity contribution in [2.24, 2.45) is 22.7 Å². The topological polar surface area (TPSA) is 343 Å². The van der Waals surface area contributed by atoms with Crippen LogP contribution in [-0.2, 0) is 69.9 Å². The number of esters is 4. The highest BCUT2D eigenvalue weighted by molar-refractivity contribution is 5.88. The summed E-state index contributed by atoms with van der Waals surface area (Å²) >= 11 is 0. The Kier molecular flexibility index (Phi) is 29.1. The molecule has 4 aromatic rings. The third kappa shape index (κ3) is 26.2. The molecule has 2 aliphatic carbocycles. The maximum absolute atomic E-state index is 13.7. The van der Waals surface area contributed by atoms with E-state index in [-0.39, 0.29) is 61.5 Å². The summed E-state index contributed by atoms with van der Waals surface area (Å²) in [4.78, 5) is 138. The van der Waals surface area contributed by atoms with E-state index in [1.807, 2.05) is 47.6 Å². The number of fused-ring (bicyclic) bond motifs is 2. The number of ether oxygens (including phenoxy) is 11. The van der Waals surface area contributed by atoms with Gasteiger partial charge < -0.3 is 72.6 Å². The van der Waals surface area contributed by atoms with Crippen LogP contribution >= 0.6 is 0 Å². The maximum atomic E-state index is 13.7. The monoisotopic (exact) mass is 1550 g/mol. The molecule has 0 spiro atoms. The number of methoxy groups -OCH3 is 2. The molecule has 111 heavy (non-hydrogen) atoms. The highest BCUT2D eigenvalue weighted by Gasteiger charge is 2.48. The van der Waals surface area contributed by atoms with Crippen LogP contribution in [0.2, 0.25) is 0 Å². The molecule has 2 unspecified atom stereocenters. The SMILES string of the molecule is COC(=O)[C@@H]1C[C@@H](Oc2[nH]c3ccncc3c(=O)c2CCCCCC2C[C@H]2OC(=O)N[C@H](C(=O)OC(C)(C)C)C(C)(C)C)CN1C(=O)OC(C)(C)C.COC(=O)[C@@H]1C[C@@H](Oc2nc3ccncc3c(OC3CCN(C)CC3)c2CCCCCC2C[C@H]2OC(=O)N[C@H](C(=O)OC(C)(C)C)C(C)(C)C)CN1C(=O)OC(C)(C)C. The predicted octanol–water partition coefficient (Wildman–Crippen LogP) is 12.8. The molecule has 4 amide bonds. The molecule has 0 bridgehead atoms. The second-order valence-electron chi connectivity index (χ2n) is 36.2. The number of H-pyrrole nitrogens is 1. The zero-order valence-electron chi connectivity index (χ0n) is 69.3. The quantitative estimate of drug-likeness (QED) is 0.0299. The lowest BCUT2D eigenvalue weighted by Gasteiger charge is -2.32.